The van der Waals surface area contributed by atoms with E-state index in [0.29, 0.717) is 19.2 Å². The van der Waals surface area contributed by atoms with Crippen LogP contribution in [0.25, 0.3) is 0 Å². The third-order valence-corrected chi connectivity index (χ3v) is 4.79. The summed E-state index contributed by atoms with van der Waals surface area (Å²) in [4.78, 5) is 29.8. The maximum atomic E-state index is 12.1. The quantitative estimate of drug-likeness (QED) is 0.731. The van der Waals surface area contributed by atoms with E-state index in [1.807, 2.05) is 6.92 Å². The minimum Gasteiger partial charge on any atom is -0.448 e. The first-order valence-electron chi connectivity index (χ1n) is 8.32. The van der Waals surface area contributed by atoms with E-state index in [1.165, 1.54) is 0 Å². The molecule has 2 heterocycles. The molecule has 1 saturated carbocycles. The monoisotopic (exact) mass is 310 g/mol. The first kappa shape index (κ1) is 15.6. The Hall–Kier alpha value is -1.34. The van der Waals surface area contributed by atoms with E-state index in [9.17, 15) is 9.59 Å². The normalized spacial score (nSPS) is 25.1. The van der Waals surface area contributed by atoms with Crippen molar-refractivity contribution in [1.29, 1.82) is 0 Å². The lowest BCUT2D eigenvalue weighted by Gasteiger charge is -2.37. The summed E-state index contributed by atoms with van der Waals surface area (Å²) in [7, 11) is 0. The zero-order chi connectivity index (χ0) is 15.5. The second-order valence-corrected chi connectivity index (χ2v) is 6.44. The van der Waals surface area contributed by atoms with Crippen LogP contribution in [0.2, 0.25) is 0 Å². The summed E-state index contributed by atoms with van der Waals surface area (Å²) in [5.74, 6) is 0.163. The topological polar surface area (TPSA) is 65.1 Å². The van der Waals surface area contributed by atoms with Crippen LogP contribution in [0.15, 0.2) is 0 Å². The van der Waals surface area contributed by atoms with Crippen molar-refractivity contribution < 1.29 is 14.3 Å². The molecule has 1 aliphatic carbocycles. The molecule has 2 saturated heterocycles. The van der Waals surface area contributed by atoms with Crippen LogP contribution in [0.4, 0.5) is 4.79 Å². The Bertz CT molecular complexity index is 419. The third-order valence-electron chi connectivity index (χ3n) is 4.79. The van der Waals surface area contributed by atoms with Gasteiger partial charge in [-0.15, -0.1) is 0 Å². The van der Waals surface area contributed by atoms with Gasteiger partial charge in [-0.3, -0.25) is 14.6 Å². The summed E-state index contributed by atoms with van der Waals surface area (Å²) in [6, 6.07) is 0.382. The van der Waals surface area contributed by atoms with Crippen LogP contribution in [0.3, 0.4) is 0 Å². The molecule has 0 aromatic rings. The number of carbonyl (C=O) groups excluding carboxylic acids is 2. The second kappa shape index (κ2) is 6.83. The number of nitrogens with zero attached hydrogens (tertiary/aromatic N) is 3. The molecule has 124 valence electrons. The lowest BCUT2D eigenvalue weighted by Crippen LogP contribution is -2.54. The number of hydrogen-bond donors (Lipinski definition) is 1. The van der Waals surface area contributed by atoms with Gasteiger partial charge in [-0.05, 0) is 19.8 Å². The zero-order valence-corrected chi connectivity index (χ0v) is 13.3. The summed E-state index contributed by atoms with van der Waals surface area (Å²) >= 11 is 0. The molecule has 0 spiro atoms. The van der Waals surface area contributed by atoms with Crippen LogP contribution in [-0.2, 0) is 9.53 Å². The number of cyclic esters (lactones) is 1. The van der Waals surface area contributed by atoms with E-state index in [-0.39, 0.29) is 18.0 Å². The molecule has 1 N–H and O–H groups in total. The number of amides is 2. The van der Waals surface area contributed by atoms with Crippen molar-refractivity contribution in [3.05, 3.63) is 0 Å². The molecule has 3 rings (SSSR count). The lowest BCUT2D eigenvalue weighted by atomic mass is 10.2. The van der Waals surface area contributed by atoms with Crippen molar-refractivity contribution in [3.8, 4) is 0 Å². The first-order valence-corrected chi connectivity index (χ1v) is 8.32. The van der Waals surface area contributed by atoms with Gasteiger partial charge in [-0.1, -0.05) is 0 Å². The fraction of sp³-hybridized carbons (Fsp3) is 0.867. The number of piperazine rings is 1. The third kappa shape index (κ3) is 3.89. The molecule has 7 heteroatoms. The Morgan fingerprint density at radius 2 is 1.95 bits per heavy atom. The van der Waals surface area contributed by atoms with Crippen LogP contribution >= 0.6 is 0 Å². The largest absolute Gasteiger partial charge is 0.448 e. The molecule has 3 fully saturated rings. The van der Waals surface area contributed by atoms with E-state index in [2.05, 4.69) is 15.1 Å². The van der Waals surface area contributed by atoms with Gasteiger partial charge in [0.05, 0.1) is 12.6 Å². The van der Waals surface area contributed by atoms with Crippen molar-refractivity contribution in [2.45, 2.75) is 31.8 Å². The van der Waals surface area contributed by atoms with Crippen molar-refractivity contribution in [2.75, 3.05) is 52.4 Å². The number of carbonyl (C=O) groups is 2. The smallest absolute Gasteiger partial charge is 0.409 e. The second-order valence-electron chi connectivity index (χ2n) is 6.44. The predicted molar refractivity (Wildman–Crippen MR) is 81.6 cm³/mol. The van der Waals surface area contributed by atoms with Crippen LogP contribution < -0.4 is 5.32 Å². The summed E-state index contributed by atoms with van der Waals surface area (Å²) in [5, 5.41) is 3.08. The Labute approximate surface area is 131 Å². The number of hydrogen-bond acceptors (Lipinski definition) is 5. The van der Waals surface area contributed by atoms with Crippen molar-refractivity contribution in [2.24, 2.45) is 0 Å². The molecule has 0 aromatic heterocycles. The highest BCUT2D eigenvalue weighted by Gasteiger charge is 2.30. The SMILES string of the molecule is CC(C(=O)NC1CC1)N1CCN(CCN2CCOC2=O)CC1. The Morgan fingerprint density at radius 1 is 1.23 bits per heavy atom. The summed E-state index contributed by atoms with van der Waals surface area (Å²) in [5.41, 5.74) is 0. The van der Waals surface area contributed by atoms with Gasteiger partial charge in [0.2, 0.25) is 5.91 Å². The predicted octanol–water partition coefficient (Wildman–Crippen LogP) is -0.277. The van der Waals surface area contributed by atoms with Gasteiger partial charge in [-0.25, -0.2) is 4.79 Å². The number of nitrogens with one attached hydrogen (secondary N) is 1. The number of ether oxygens (including phenoxy) is 1. The highest BCUT2D eigenvalue weighted by atomic mass is 16.6. The van der Waals surface area contributed by atoms with Gasteiger partial charge in [-0.2, -0.15) is 0 Å². The van der Waals surface area contributed by atoms with Crippen molar-refractivity contribution >= 4 is 12.0 Å². The maximum Gasteiger partial charge on any atom is 0.409 e. The average Bonchev–Trinajstić information content (AvgIpc) is 3.25. The molecule has 0 radical (unpaired) electrons. The van der Waals surface area contributed by atoms with E-state index in [4.69, 9.17) is 4.74 Å². The fourth-order valence-corrected chi connectivity index (χ4v) is 2.98. The first-order chi connectivity index (χ1) is 10.6. The molecular formula is C15H26N4O3. The van der Waals surface area contributed by atoms with Gasteiger partial charge in [0.1, 0.15) is 6.61 Å². The number of rotatable bonds is 6. The molecule has 1 atom stereocenters. The van der Waals surface area contributed by atoms with Crippen LogP contribution in [0, 0.1) is 0 Å². The summed E-state index contributed by atoms with van der Waals surface area (Å²) in [6.07, 6.45) is 2.07. The van der Waals surface area contributed by atoms with Crippen molar-refractivity contribution in [3.63, 3.8) is 0 Å². The molecular weight excluding hydrogens is 284 g/mol. The Balaban J connectivity index is 1.36. The van der Waals surface area contributed by atoms with Crippen molar-refractivity contribution in [1.82, 2.24) is 20.0 Å². The van der Waals surface area contributed by atoms with E-state index < -0.39 is 0 Å². The van der Waals surface area contributed by atoms with Gasteiger partial charge in [0.15, 0.2) is 0 Å². The van der Waals surface area contributed by atoms with Gasteiger partial charge < -0.3 is 15.0 Å². The fourth-order valence-electron chi connectivity index (χ4n) is 2.98. The summed E-state index contributed by atoms with van der Waals surface area (Å²) in [6.45, 7) is 8.54. The maximum absolute atomic E-state index is 12.1. The molecule has 22 heavy (non-hydrogen) atoms. The van der Waals surface area contributed by atoms with E-state index in [0.717, 1.165) is 52.1 Å². The minimum atomic E-state index is -0.191. The highest BCUT2D eigenvalue weighted by molar-refractivity contribution is 5.81. The van der Waals surface area contributed by atoms with Gasteiger partial charge in [0.25, 0.3) is 0 Å². The zero-order valence-electron chi connectivity index (χ0n) is 13.3. The molecule has 3 aliphatic rings. The highest BCUT2D eigenvalue weighted by Crippen LogP contribution is 2.19. The molecule has 2 amide bonds. The van der Waals surface area contributed by atoms with Gasteiger partial charge in [0, 0.05) is 45.3 Å². The minimum absolute atomic E-state index is 0.0451. The molecule has 1 unspecified atom stereocenters. The molecule has 2 aliphatic heterocycles. The molecule has 0 aromatic carbocycles. The lowest BCUT2D eigenvalue weighted by molar-refractivity contribution is -0.126. The average molecular weight is 310 g/mol. The summed E-state index contributed by atoms with van der Waals surface area (Å²) < 4.78 is 4.93. The molecule has 0 bridgehead atoms. The van der Waals surface area contributed by atoms with Gasteiger partial charge >= 0.3 is 6.09 Å². The Morgan fingerprint density at radius 3 is 2.55 bits per heavy atom. The van der Waals surface area contributed by atoms with Crippen LogP contribution in [-0.4, -0.2) is 91.2 Å². The Kier molecular flexibility index (Phi) is 4.83. The molecule has 7 nitrogen and oxygen atoms in total. The van der Waals surface area contributed by atoms with Crippen LogP contribution in [0.5, 0.6) is 0 Å². The van der Waals surface area contributed by atoms with E-state index in [1.54, 1.807) is 4.90 Å². The van der Waals surface area contributed by atoms with Crippen LogP contribution in [0.1, 0.15) is 19.8 Å². The van der Waals surface area contributed by atoms with E-state index >= 15 is 0 Å². The standard InChI is InChI=1S/C15H26N4O3/c1-12(14(20)16-13-2-3-13)18-7-4-17(5-8-18)6-9-19-10-11-22-15(19)21/h12-13H,2-11H2,1H3,(H,16,20).